The number of rotatable bonds is 3. The summed E-state index contributed by atoms with van der Waals surface area (Å²) in [5.74, 6) is 0.381. The summed E-state index contributed by atoms with van der Waals surface area (Å²) in [7, 11) is 0. The molecule has 0 saturated heterocycles. The van der Waals surface area contributed by atoms with Gasteiger partial charge in [0.05, 0.1) is 12.3 Å². The van der Waals surface area contributed by atoms with Crippen LogP contribution in [0.1, 0.15) is 48.9 Å². The molecule has 1 aliphatic rings. The highest BCUT2D eigenvalue weighted by atomic mass is 19.1. The van der Waals surface area contributed by atoms with E-state index >= 15 is 0 Å². The summed E-state index contributed by atoms with van der Waals surface area (Å²) in [4.78, 5) is 12.1. The fraction of sp³-hybridized carbons (Fsp3) is 0.353. The van der Waals surface area contributed by atoms with Gasteiger partial charge in [0.15, 0.2) is 12.0 Å². The Balaban J connectivity index is 1.69. The number of furan rings is 1. The van der Waals surface area contributed by atoms with E-state index in [-0.39, 0.29) is 17.8 Å². The van der Waals surface area contributed by atoms with Gasteiger partial charge in [-0.1, -0.05) is 0 Å². The molecule has 3 aromatic rings. The van der Waals surface area contributed by atoms with Crippen molar-refractivity contribution in [2.24, 2.45) is 0 Å². The number of nitrogens with one attached hydrogen (secondary N) is 1. The van der Waals surface area contributed by atoms with Crippen LogP contribution < -0.4 is 11.1 Å². The van der Waals surface area contributed by atoms with Crippen molar-refractivity contribution in [3.63, 3.8) is 0 Å². The van der Waals surface area contributed by atoms with Crippen LogP contribution in [0.3, 0.4) is 0 Å². The molecule has 7 heteroatoms. The number of aryl methyl sites for hydroxylation is 1. The van der Waals surface area contributed by atoms with Gasteiger partial charge < -0.3 is 15.5 Å². The summed E-state index contributed by atoms with van der Waals surface area (Å²) >= 11 is 0. The van der Waals surface area contributed by atoms with Crippen LogP contribution in [0.4, 0.5) is 16.3 Å². The molecular weight excluding hydrogens is 309 g/mol. The molecule has 0 fully saturated rings. The number of aromatic nitrogens is 3. The minimum absolute atomic E-state index is 0.0216. The zero-order valence-corrected chi connectivity index (χ0v) is 13.3. The predicted molar refractivity (Wildman–Crippen MR) is 89.3 cm³/mol. The first-order chi connectivity index (χ1) is 11.6. The number of hydrogen-bond donors (Lipinski definition) is 2. The van der Waals surface area contributed by atoms with Gasteiger partial charge in [-0.3, -0.25) is 0 Å². The van der Waals surface area contributed by atoms with E-state index in [0.717, 1.165) is 30.2 Å². The summed E-state index contributed by atoms with van der Waals surface area (Å²) < 4.78 is 19.0. The number of fused-ring (bicyclic) bond motifs is 2. The molecule has 1 aromatic carbocycles. The minimum atomic E-state index is -1.29. The fourth-order valence-corrected chi connectivity index (χ4v) is 3.22. The predicted octanol–water partition coefficient (Wildman–Crippen LogP) is 3.72. The summed E-state index contributed by atoms with van der Waals surface area (Å²) in [5.41, 5.74) is 9.02. The smallest absolute Gasteiger partial charge is 0.228 e. The van der Waals surface area contributed by atoms with Gasteiger partial charge in [0, 0.05) is 5.39 Å². The number of anilines is 2. The number of alkyl halides is 1. The maximum Gasteiger partial charge on any atom is 0.228 e. The van der Waals surface area contributed by atoms with E-state index in [0.29, 0.717) is 5.95 Å². The van der Waals surface area contributed by atoms with Gasteiger partial charge in [-0.15, -0.1) is 0 Å². The van der Waals surface area contributed by atoms with Gasteiger partial charge in [0.25, 0.3) is 0 Å². The summed E-state index contributed by atoms with van der Waals surface area (Å²) in [5, 5.41) is 4.36. The first kappa shape index (κ1) is 14.9. The molecule has 6 nitrogen and oxygen atoms in total. The van der Waals surface area contributed by atoms with Crippen LogP contribution in [0.15, 0.2) is 28.9 Å². The molecular formula is C17H18FN5O. The lowest BCUT2D eigenvalue weighted by Gasteiger charge is -2.26. The molecule has 4 rings (SSSR count). The number of nitrogens with zero attached hydrogens (tertiary/aromatic N) is 3. The Morgan fingerprint density at radius 3 is 3.04 bits per heavy atom. The number of benzene rings is 1. The van der Waals surface area contributed by atoms with E-state index in [1.807, 2.05) is 6.07 Å². The monoisotopic (exact) mass is 327 g/mol. The Morgan fingerprint density at radius 1 is 1.33 bits per heavy atom. The molecule has 1 aliphatic carbocycles. The fourth-order valence-electron chi connectivity index (χ4n) is 3.22. The average molecular weight is 327 g/mol. The zero-order valence-electron chi connectivity index (χ0n) is 13.3. The third-order valence-corrected chi connectivity index (χ3v) is 4.36. The SMILES string of the molecule is CC(F)c1nc(N)nc(N[C@@H]2CCCc3cc4occc4cc32)n1. The molecule has 0 radical (unpaired) electrons. The molecule has 2 aromatic heterocycles. The largest absolute Gasteiger partial charge is 0.464 e. The van der Waals surface area contributed by atoms with Crippen molar-refractivity contribution in [1.82, 2.24) is 15.0 Å². The van der Waals surface area contributed by atoms with E-state index < -0.39 is 6.17 Å². The lowest BCUT2D eigenvalue weighted by Crippen LogP contribution is -2.20. The van der Waals surface area contributed by atoms with Crippen LogP contribution in [0.2, 0.25) is 0 Å². The number of halogens is 1. The van der Waals surface area contributed by atoms with Crippen LogP contribution in [0.5, 0.6) is 0 Å². The van der Waals surface area contributed by atoms with Crippen molar-refractivity contribution < 1.29 is 8.81 Å². The molecule has 24 heavy (non-hydrogen) atoms. The maximum absolute atomic E-state index is 13.5. The summed E-state index contributed by atoms with van der Waals surface area (Å²) in [6.45, 7) is 1.38. The van der Waals surface area contributed by atoms with Gasteiger partial charge in [-0.2, -0.15) is 15.0 Å². The zero-order chi connectivity index (χ0) is 16.7. The molecule has 0 amide bonds. The summed E-state index contributed by atoms with van der Waals surface area (Å²) in [6, 6.07) is 6.23. The highest BCUT2D eigenvalue weighted by Crippen LogP contribution is 2.35. The standard InChI is InChI=1S/C17H18FN5O/c1-9(18)15-21-16(19)23-17(22-15)20-13-4-2-3-10-8-14-11(5-6-24-14)7-12(10)13/h5-9,13H,2-4H2,1H3,(H3,19,20,21,22,23)/t9?,13-/m1/s1. The Hall–Kier alpha value is -2.70. The third-order valence-electron chi connectivity index (χ3n) is 4.36. The quantitative estimate of drug-likeness (QED) is 0.762. The number of nitrogens with two attached hydrogens (primary N) is 1. The van der Waals surface area contributed by atoms with Crippen molar-refractivity contribution in [3.8, 4) is 0 Å². The molecule has 1 unspecified atom stereocenters. The van der Waals surface area contributed by atoms with Gasteiger partial charge in [0.1, 0.15) is 5.58 Å². The molecule has 0 bridgehead atoms. The van der Waals surface area contributed by atoms with Crippen LogP contribution in [-0.2, 0) is 6.42 Å². The lowest BCUT2D eigenvalue weighted by molar-refractivity contribution is 0.356. The molecule has 2 atom stereocenters. The molecule has 2 heterocycles. The average Bonchev–Trinajstić information content (AvgIpc) is 3.00. The van der Waals surface area contributed by atoms with E-state index in [9.17, 15) is 4.39 Å². The van der Waals surface area contributed by atoms with Crippen molar-refractivity contribution >= 4 is 22.9 Å². The Morgan fingerprint density at radius 2 is 2.21 bits per heavy atom. The van der Waals surface area contributed by atoms with E-state index in [1.165, 1.54) is 18.1 Å². The molecule has 0 saturated carbocycles. The molecule has 0 aliphatic heterocycles. The van der Waals surface area contributed by atoms with Gasteiger partial charge in [0.2, 0.25) is 11.9 Å². The Labute approximate surface area is 138 Å². The second kappa shape index (κ2) is 5.74. The van der Waals surface area contributed by atoms with Gasteiger partial charge in [-0.25, -0.2) is 4.39 Å². The minimum Gasteiger partial charge on any atom is -0.464 e. The highest BCUT2D eigenvalue weighted by Gasteiger charge is 2.23. The van der Waals surface area contributed by atoms with E-state index in [2.05, 4.69) is 32.4 Å². The highest BCUT2D eigenvalue weighted by molar-refractivity contribution is 5.79. The van der Waals surface area contributed by atoms with Gasteiger partial charge >= 0.3 is 0 Å². The van der Waals surface area contributed by atoms with E-state index in [1.54, 1.807) is 6.26 Å². The van der Waals surface area contributed by atoms with Crippen LogP contribution >= 0.6 is 0 Å². The second-order valence-corrected chi connectivity index (χ2v) is 6.09. The molecule has 124 valence electrons. The van der Waals surface area contributed by atoms with Crippen molar-refractivity contribution in [2.75, 3.05) is 11.1 Å². The van der Waals surface area contributed by atoms with Crippen molar-refractivity contribution in [2.45, 2.75) is 38.4 Å². The van der Waals surface area contributed by atoms with Crippen molar-refractivity contribution in [3.05, 3.63) is 41.4 Å². The van der Waals surface area contributed by atoms with Crippen LogP contribution in [-0.4, -0.2) is 15.0 Å². The topological polar surface area (TPSA) is 89.9 Å². The van der Waals surface area contributed by atoms with Crippen LogP contribution in [0.25, 0.3) is 11.0 Å². The summed E-state index contributed by atoms with van der Waals surface area (Å²) in [6.07, 6.45) is 3.41. The Kier molecular flexibility index (Phi) is 3.55. The van der Waals surface area contributed by atoms with Crippen LogP contribution in [0, 0.1) is 0 Å². The number of nitrogen functional groups attached to an aromatic ring is 1. The van der Waals surface area contributed by atoms with Crippen molar-refractivity contribution in [1.29, 1.82) is 0 Å². The van der Waals surface area contributed by atoms with Gasteiger partial charge in [-0.05, 0) is 55.5 Å². The Bertz CT molecular complexity index is 892. The maximum atomic E-state index is 13.5. The second-order valence-electron chi connectivity index (χ2n) is 6.09. The number of hydrogen-bond acceptors (Lipinski definition) is 6. The third kappa shape index (κ3) is 2.66. The molecule has 0 spiro atoms. The normalized spacial score (nSPS) is 18.3. The molecule has 3 N–H and O–H groups in total. The first-order valence-corrected chi connectivity index (χ1v) is 8.02. The van der Waals surface area contributed by atoms with E-state index in [4.69, 9.17) is 10.2 Å². The lowest BCUT2D eigenvalue weighted by atomic mass is 9.87. The first-order valence-electron chi connectivity index (χ1n) is 8.02.